The first-order chi connectivity index (χ1) is 9.73. The van der Waals surface area contributed by atoms with Gasteiger partial charge < -0.3 is 5.73 Å². The number of benzene rings is 1. The van der Waals surface area contributed by atoms with Gasteiger partial charge in [-0.2, -0.15) is 4.31 Å². The highest BCUT2D eigenvalue weighted by Gasteiger charge is 2.33. The molecule has 9 heteroatoms. The second-order valence-corrected chi connectivity index (χ2v) is 7.48. The van der Waals surface area contributed by atoms with Gasteiger partial charge in [-0.1, -0.05) is 18.5 Å². The minimum Gasteiger partial charge on any atom is -0.326 e. The highest BCUT2D eigenvalue weighted by Crippen LogP contribution is 2.30. The molecule has 1 saturated heterocycles. The van der Waals surface area contributed by atoms with Gasteiger partial charge >= 0.3 is 0 Å². The van der Waals surface area contributed by atoms with Gasteiger partial charge in [0, 0.05) is 31.3 Å². The van der Waals surface area contributed by atoms with Crippen LogP contribution in [-0.2, 0) is 10.0 Å². The summed E-state index contributed by atoms with van der Waals surface area (Å²) in [6, 6.07) is 3.11. The Morgan fingerprint density at radius 3 is 2.67 bits per heavy atom. The molecule has 0 spiro atoms. The Balaban J connectivity index is 2.34. The topological polar surface area (TPSA) is 107 Å². The van der Waals surface area contributed by atoms with E-state index >= 15 is 0 Å². The van der Waals surface area contributed by atoms with E-state index in [0.717, 1.165) is 12.1 Å². The van der Waals surface area contributed by atoms with Gasteiger partial charge in [-0.15, -0.1) is 0 Å². The predicted octanol–water partition coefficient (Wildman–Crippen LogP) is 1.61. The fourth-order valence-electron chi connectivity index (χ4n) is 2.24. The van der Waals surface area contributed by atoms with Crippen LogP contribution in [-0.4, -0.2) is 36.8 Å². The van der Waals surface area contributed by atoms with Gasteiger partial charge in [0.15, 0.2) is 0 Å². The van der Waals surface area contributed by atoms with Crippen molar-refractivity contribution in [1.82, 2.24) is 4.31 Å². The van der Waals surface area contributed by atoms with Gasteiger partial charge in [0.1, 0.15) is 4.90 Å². The number of nitro groups is 1. The second kappa shape index (κ2) is 5.88. The normalized spacial score (nSPS) is 24.0. The summed E-state index contributed by atoms with van der Waals surface area (Å²) < 4.78 is 26.4. The largest absolute Gasteiger partial charge is 0.326 e. The molecule has 0 saturated carbocycles. The average molecular weight is 334 g/mol. The standard InChI is InChI=1S/C12H16ClN3O4S/c1-8-4-5-15(7-11(8)14)21(19,20)12-3-2-9(16(17)18)6-10(12)13/h2-3,6,8,11H,4-5,7,14H2,1H3. The van der Waals surface area contributed by atoms with Crippen molar-refractivity contribution in [3.63, 3.8) is 0 Å². The van der Waals surface area contributed by atoms with E-state index in [1.165, 1.54) is 10.4 Å². The molecule has 0 bridgehead atoms. The van der Waals surface area contributed by atoms with Crippen molar-refractivity contribution in [1.29, 1.82) is 0 Å². The number of piperidine rings is 1. The maximum Gasteiger partial charge on any atom is 0.271 e. The van der Waals surface area contributed by atoms with E-state index in [4.69, 9.17) is 17.3 Å². The zero-order chi connectivity index (χ0) is 15.8. The van der Waals surface area contributed by atoms with Crippen LogP contribution in [0.4, 0.5) is 5.69 Å². The molecule has 1 aliphatic rings. The maximum absolute atomic E-state index is 12.6. The molecular weight excluding hydrogens is 318 g/mol. The number of nitro benzene ring substituents is 1. The Morgan fingerprint density at radius 2 is 2.14 bits per heavy atom. The van der Waals surface area contributed by atoms with E-state index < -0.39 is 14.9 Å². The lowest BCUT2D eigenvalue weighted by Gasteiger charge is -2.34. The SMILES string of the molecule is CC1CCN(S(=O)(=O)c2ccc([N+](=O)[O-])cc2Cl)CC1N. The Hall–Kier alpha value is -1.22. The highest BCUT2D eigenvalue weighted by molar-refractivity contribution is 7.89. The summed E-state index contributed by atoms with van der Waals surface area (Å²) >= 11 is 5.90. The van der Waals surface area contributed by atoms with Crippen molar-refractivity contribution in [2.24, 2.45) is 11.7 Å². The van der Waals surface area contributed by atoms with Crippen molar-refractivity contribution >= 4 is 27.3 Å². The second-order valence-electron chi connectivity index (χ2n) is 5.16. The van der Waals surface area contributed by atoms with Crippen LogP contribution in [0.5, 0.6) is 0 Å². The smallest absolute Gasteiger partial charge is 0.271 e. The molecule has 1 heterocycles. The van der Waals surface area contributed by atoms with Gasteiger partial charge in [0.05, 0.1) is 9.95 Å². The van der Waals surface area contributed by atoms with Crippen molar-refractivity contribution in [3.8, 4) is 0 Å². The third kappa shape index (κ3) is 3.18. The zero-order valence-electron chi connectivity index (χ0n) is 11.4. The van der Waals surface area contributed by atoms with Gasteiger partial charge in [-0.3, -0.25) is 10.1 Å². The minimum atomic E-state index is -3.79. The minimum absolute atomic E-state index is 0.128. The molecule has 1 fully saturated rings. The third-order valence-corrected chi connectivity index (χ3v) is 6.07. The fourth-order valence-corrected chi connectivity index (χ4v) is 4.24. The van der Waals surface area contributed by atoms with Crippen molar-refractivity contribution in [2.75, 3.05) is 13.1 Å². The van der Waals surface area contributed by atoms with Crippen LogP contribution in [0.2, 0.25) is 5.02 Å². The summed E-state index contributed by atoms with van der Waals surface area (Å²) in [5.41, 5.74) is 5.67. The number of hydrogen-bond acceptors (Lipinski definition) is 5. The summed E-state index contributed by atoms with van der Waals surface area (Å²) in [4.78, 5) is 9.91. The first-order valence-corrected chi connectivity index (χ1v) is 8.25. The molecule has 0 amide bonds. The van der Waals surface area contributed by atoms with Crippen LogP contribution in [0.3, 0.4) is 0 Å². The van der Waals surface area contributed by atoms with E-state index in [2.05, 4.69) is 0 Å². The van der Waals surface area contributed by atoms with Crippen LogP contribution in [0.25, 0.3) is 0 Å². The molecule has 21 heavy (non-hydrogen) atoms. The monoisotopic (exact) mass is 333 g/mol. The van der Waals surface area contributed by atoms with Crippen molar-refractivity contribution < 1.29 is 13.3 Å². The molecule has 0 radical (unpaired) electrons. The van der Waals surface area contributed by atoms with E-state index in [0.29, 0.717) is 13.0 Å². The Bertz CT molecular complexity index is 664. The Morgan fingerprint density at radius 1 is 1.48 bits per heavy atom. The summed E-state index contributed by atoms with van der Waals surface area (Å²) in [6.07, 6.45) is 0.672. The lowest BCUT2D eigenvalue weighted by Crippen LogP contribution is -2.49. The van der Waals surface area contributed by atoms with Crippen LogP contribution >= 0.6 is 11.6 Å². The first kappa shape index (κ1) is 16.2. The highest BCUT2D eigenvalue weighted by atomic mass is 35.5. The molecule has 2 atom stereocenters. The predicted molar refractivity (Wildman–Crippen MR) is 78.6 cm³/mol. The number of hydrogen-bond donors (Lipinski definition) is 1. The molecule has 2 unspecified atom stereocenters. The molecule has 7 nitrogen and oxygen atoms in total. The van der Waals surface area contributed by atoms with Crippen LogP contribution in [0.1, 0.15) is 13.3 Å². The summed E-state index contributed by atoms with van der Waals surface area (Å²) in [6.45, 7) is 2.56. The number of halogens is 1. The van der Waals surface area contributed by atoms with E-state index in [-0.39, 0.29) is 34.1 Å². The Labute approximate surface area is 127 Å². The molecule has 2 rings (SSSR count). The van der Waals surface area contributed by atoms with Gasteiger partial charge in [-0.05, 0) is 18.4 Å². The van der Waals surface area contributed by atoms with E-state index in [1.54, 1.807) is 0 Å². The maximum atomic E-state index is 12.6. The number of rotatable bonds is 3. The summed E-state index contributed by atoms with van der Waals surface area (Å²) in [5, 5.41) is 10.5. The average Bonchev–Trinajstić information content (AvgIpc) is 2.41. The van der Waals surface area contributed by atoms with E-state index in [9.17, 15) is 18.5 Å². The fraction of sp³-hybridized carbons (Fsp3) is 0.500. The molecular formula is C12H16ClN3O4S. The zero-order valence-corrected chi connectivity index (χ0v) is 13.0. The quantitative estimate of drug-likeness (QED) is 0.668. The first-order valence-electron chi connectivity index (χ1n) is 6.43. The van der Waals surface area contributed by atoms with Crippen LogP contribution in [0, 0.1) is 16.0 Å². The molecule has 1 aromatic rings. The number of non-ortho nitro benzene ring substituents is 1. The van der Waals surface area contributed by atoms with E-state index in [1.807, 2.05) is 6.92 Å². The van der Waals surface area contributed by atoms with Crippen molar-refractivity contribution in [2.45, 2.75) is 24.3 Å². The molecule has 116 valence electrons. The molecule has 2 N–H and O–H groups in total. The van der Waals surface area contributed by atoms with Gasteiger partial charge in [-0.25, -0.2) is 8.42 Å². The molecule has 0 aromatic heterocycles. The van der Waals surface area contributed by atoms with Crippen LogP contribution in [0.15, 0.2) is 23.1 Å². The molecule has 0 aliphatic carbocycles. The third-order valence-electron chi connectivity index (χ3n) is 3.72. The number of nitrogens with two attached hydrogens (primary N) is 1. The van der Waals surface area contributed by atoms with Crippen LogP contribution < -0.4 is 5.73 Å². The number of sulfonamides is 1. The Kier molecular flexibility index (Phi) is 4.52. The molecule has 1 aliphatic heterocycles. The molecule has 1 aromatic carbocycles. The summed E-state index contributed by atoms with van der Waals surface area (Å²) in [5.74, 6) is 0.254. The van der Waals surface area contributed by atoms with Gasteiger partial charge in [0.25, 0.3) is 5.69 Å². The van der Waals surface area contributed by atoms with Crippen molar-refractivity contribution in [3.05, 3.63) is 33.3 Å². The lowest BCUT2D eigenvalue weighted by atomic mass is 9.96. The number of nitrogens with zero attached hydrogens (tertiary/aromatic N) is 2. The van der Waals surface area contributed by atoms with Gasteiger partial charge in [0.2, 0.25) is 10.0 Å². The summed E-state index contributed by atoms with van der Waals surface area (Å²) in [7, 11) is -3.79. The lowest BCUT2D eigenvalue weighted by molar-refractivity contribution is -0.384.